The predicted molar refractivity (Wildman–Crippen MR) is 91.7 cm³/mol. The number of hydrogen-bond donors (Lipinski definition) is 2. The molecule has 0 aliphatic heterocycles. The van der Waals surface area contributed by atoms with Crippen LogP contribution in [0.5, 0.6) is 5.75 Å². The Labute approximate surface area is 138 Å². The number of fused-ring (bicyclic) bond motifs is 3. The molecular formula is C20H26O3. The van der Waals surface area contributed by atoms with Crippen LogP contribution in [0, 0.1) is 11.3 Å². The number of carboxylic acids is 1. The summed E-state index contributed by atoms with van der Waals surface area (Å²) in [6.07, 6.45) is 6.75. The first-order valence-corrected chi connectivity index (χ1v) is 8.50. The summed E-state index contributed by atoms with van der Waals surface area (Å²) in [5.41, 5.74) is 2.34. The molecule has 2 N–H and O–H groups in total. The third-order valence-corrected chi connectivity index (χ3v) is 6.17. The van der Waals surface area contributed by atoms with E-state index in [-0.39, 0.29) is 17.3 Å². The van der Waals surface area contributed by atoms with Crippen LogP contribution in [0.15, 0.2) is 18.2 Å². The highest BCUT2D eigenvalue weighted by Crippen LogP contribution is 2.57. The number of benzene rings is 1. The zero-order valence-corrected chi connectivity index (χ0v) is 14.4. The Bertz CT molecular complexity index is 688. The van der Waals surface area contributed by atoms with Gasteiger partial charge in [-0.2, -0.15) is 0 Å². The summed E-state index contributed by atoms with van der Waals surface area (Å²) in [4.78, 5) is 11.9. The summed E-state index contributed by atoms with van der Waals surface area (Å²) in [5, 5.41) is 20.1. The minimum absolute atomic E-state index is 0.0155. The van der Waals surface area contributed by atoms with Crippen LogP contribution in [0.2, 0.25) is 0 Å². The summed E-state index contributed by atoms with van der Waals surface area (Å²) in [6.45, 7) is 8.25. The van der Waals surface area contributed by atoms with Crippen LogP contribution < -0.4 is 0 Å². The maximum Gasteiger partial charge on any atom is 0.309 e. The quantitative estimate of drug-likeness (QED) is 0.832. The van der Waals surface area contributed by atoms with Gasteiger partial charge in [0.25, 0.3) is 0 Å². The van der Waals surface area contributed by atoms with E-state index in [9.17, 15) is 15.0 Å². The second-order valence-electron chi connectivity index (χ2n) is 7.94. The average molecular weight is 314 g/mol. The monoisotopic (exact) mass is 314 g/mol. The Hall–Kier alpha value is -1.77. The van der Waals surface area contributed by atoms with Crippen LogP contribution in [0.4, 0.5) is 0 Å². The Morgan fingerprint density at radius 2 is 1.96 bits per heavy atom. The Morgan fingerprint density at radius 1 is 1.26 bits per heavy atom. The molecule has 0 amide bonds. The van der Waals surface area contributed by atoms with Gasteiger partial charge in [0.05, 0.1) is 5.41 Å². The molecule has 1 saturated carbocycles. The van der Waals surface area contributed by atoms with Crippen molar-refractivity contribution >= 4 is 12.0 Å². The van der Waals surface area contributed by atoms with E-state index in [0.717, 1.165) is 30.4 Å². The Kier molecular flexibility index (Phi) is 3.58. The van der Waals surface area contributed by atoms with E-state index in [1.807, 2.05) is 19.1 Å². The highest BCUT2D eigenvalue weighted by atomic mass is 16.4. The fourth-order valence-corrected chi connectivity index (χ4v) is 4.91. The standard InChI is InChI=1S/C20H26O3/c1-12(2)17-13-6-9-16-19(3,14(13)7-8-15(17)21)10-5-11-20(16,4)18(22)23/h6-9,12,16,21H,5,10-11H2,1-4H3,(H,22,23). The summed E-state index contributed by atoms with van der Waals surface area (Å²) in [6, 6.07) is 3.78. The molecule has 23 heavy (non-hydrogen) atoms. The van der Waals surface area contributed by atoms with Crippen LogP contribution in [-0.4, -0.2) is 16.2 Å². The second kappa shape index (κ2) is 5.12. The minimum atomic E-state index is -0.725. The maximum atomic E-state index is 11.9. The maximum absolute atomic E-state index is 11.9. The van der Waals surface area contributed by atoms with Crippen molar-refractivity contribution in [3.63, 3.8) is 0 Å². The molecule has 1 fully saturated rings. The molecule has 1 aromatic carbocycles. The molecule has 0 bridgehead atoms. The zero-order valence-electron chi connectivity index (χ0n) is 14.4. The Balaban J connectivity index is 2.22. The minimum Gasteiger partial charge on any atom is -0.508 e. The van der Waals surface area contributed by atoms with E-state index in [1.165, 1.54) is 5.56 Å². The molecule has 0 spiro atoms. The molecule has 3 heteroatoms. The lowest BCUT2D eigenvalue weighted by Crippen LogP contribution is -2.50. The van der Waals surface area contributed by atoms with Gasteiger partial charge in [0.15, 0.2) is 0 Å². The molecule has 0 saturated heterocycles. The third kappa shape index (κ3) is 2.13. The second-order valence-corrected chi connectivity index (χ2v) is 7.94. The van der Waals surface area contributed by atoms with Crippen molar-refractivity contribution in [1.82, 2.24) is 0 Å². The first kappa shape index (κ1) is 16.1. The lowest BCUT2D eigenvalue weighted by atomic mass is 9.51. The summed E-state index contributed by atoms with van der Waals surface area (Å²) >= 11 is 0. The van der Waals surface area contributed by atoms with Gasteiger partial charge in [-0.3, -0.25) is 4.79 Å². The molecule has 2 aliphatic rings. The molecule has 0 aromatic heterocycles. The van der Waals surface area contributed by atoms with Crippen molar-refractivity contribution < 1.29 is 15.0 Å². The lowest BCUT2D eigenvalue weighted by molar-refractivity contribution is -0.154. The van der Waals surface area contributed by atoms with Gasteiger partial charge in [0.2, 0.25) is 0 Å². The van der Waals surface area contributed by atoms with E-state index in [1.54, 1.807) is 6.07 Å². The molecule has 3 rings (SSSR count). The molecule has 0 radical (unpaired) electrons. The van der Waals surface area contributed by atoms with Gasteiger partial charge >= 0.3 is 5.97 Å². The first-order chi connectivity index (χ1) is 10.7. The van der Waals surface area contributed by atoms with E-state index in [0.29, 0.717) is 5.75 Å². The molecular weight excluding hydrogens is 288 g/mol. The van der Waals surface area contributed by atoms with Crippen molar-refractivity contribution in [3.05, 3.63) is 34.9 Å². The van der Waals surface area contributed by atoms with Gasteiger partial charge in [-0.1, -0.05) is 45.4 Å². The number of carboxylic acid groups (broad SMARTS) is 1. The van der Waals surface area contributed by atoms with Gasteiger partial charge in [-0.15, -0.1) is 0 Å². The van der Waals surface area contributed by atoms with Crippen LogP contribution in [0.25, 0.3) is 6.08 Å². The van der Waals surface area contributed by atoms with Gasteiger partial charge in [-0.25, -0.2) is 0 Å². The highest BCUT2D eigenvalue weighted by molar-refractivity contribution is 5.77. The summed E-state index contributed by atoms with van der Waals surface area (Å²) < 4.78 is 0. The van der Waals surface area contributed by atoms with Crippen molar-refractivity contribution in [1.29, 1.82) is 0 Å². The molecule has 1 aromatic rings. The average Bonchev–Trinajstić information content (AvgIpc) is 2.45. The van der Waals surface area contributed by atoms with E-state index in [2.05, 4.69) is 26.8 Å². The smallest absolute Gasteiger partial charge is 0.309 e. The fraction of sp³-hybridized carbons (Fsp3) is 0.550. The lowest BCUT2D eigenvalue weighted by Gasteiger charge is -2.51. The molecule has 3 unspecified atom stereocenters. The molecule has 0 heterocycles. The van der Waals surface area contributed by atoms with E-state index in [4.69, 9.17) is 0 Å². The number of aliphatic carboxylic acids is 1. The van der Waals surface area contributed by atoms with Gasteiger partial charge in [0.1, 0.15) is 5.75 Å². The number of allylic oxidation sites excluding steroid dienone is 1. The third-order valence-electron chi connectivity index (χ3n) is 6.17. The van der Waals surface area contributed by atoms with Crippen molar-refractivity contribution in [3.8, 4) is 5.75 Å². The summed E-state index contributed by atoms with van der Waals surface area (Å²) in [7, 11) is 0. The molecule has 2 aliphatic carbocycles. The number of phenolic OH excluding ortho intramolecular Hbond substituents is 1. The van der Waals surface area contributed by atoms with Crippen LogP contribution in [0.3, 0.4) is 0 Å². The highest BCUT2D eigenvalue weighted by Gasteiger charge is 2.54. The van der Waals surface area contributed by atoms with Crippen LogP contribution in [-0.2, 0) is 10.2 Å². The number of carbonyl (C=O) groups is 1. The van der Waals surface area contributed by atoms with Crippen molar-refractivity contribution in [2.75, 3.05) is 0 Å². The number of phenols is 1. The van der Waals surface area contributed by atoms with Gasteiger partial charge in [0, 0.05) is 16.9 Å². The number of rotatable bonds is 2. The normalized spacial score (nSPS) is 32.5. The topological polar surface area (TPSA) is 57.5 Å². The van der Waals surface area contributed by atoms with E-state index >= 15 is 0 Å². The predicted octanol–water partition coefficient (Wildman–Crippen LogP) is 4.69. The largest absolute Gasteiger partial charge is 0.508 e. The van der Waals surface area contributed by atoms with Gasteiger partial charge < -0.3 is 10.2 Å². The molecule has 3 nitrogen and oxygen atoms in total. The fourth-order valence-electron chi connectivity index (χ4n) is 4.91. The molecule has 3 atom stereocenters. The Morgan fingerprint density at radius 3 is 2.57 bits per heavy atom. The number of aromatic hydroxyl groups is 1. The first-order valence-electron chi connectivity index (χ1n) is 8.50. The summed E-state index contributed by atoms with van der Waals surface area (Å²) in [5.74, 6) is -0.158. The van der Waals surface area contributed by atoms with Crippen molar-refractivity contribution in [2.45, 2.75) is 58.3 Å². The van der Waals surface area contributed by atoms with Crippen molar-refractivity contribution in [2.24, 2.45) is 11.3 Å². The number of hydrogen-bond acceptors (Lipinski definition) is 2. The van der Waals surface area contributed by atoms with Gasteiger partial charge in [-0.05, 0) is 42.9 Å². The SMILES string of the molecule is CC(C)c1c(O)ccc2c1C=CC1C(C)(C(=O)O)CCCC21C. The zero-order chi connectivity index (χ0) is 17.0. The molecule has 124 valence electrons. The van der Waals surface area contributed by atoms with Crippen LogP contribution >= 0.6 is 0 Å². The van der Waals surface area contributed by atoms with Crippen LogP contribution in [0.1, 0.15) is 69.6 Å². The van der Waals surface area contributed by atoms with E-state index < -0.39 is 11.4 Å².